The maximum Gasteiger partial charge on any atom is 0.331 e. The van der Waals surface area contributed by atoms with Crippen molar-refractivity contribution in [1.29, 1.82) is 0 Å². The second-order valence-electron chi connectivity index (χ2n) is 8.84. The smallest absolute Gasteiger partial charge is 0.289 e. The summed E-state index contributed by atoms with van der Waals surface area (Å²) in [6, 6.07) is 15.8. The predicted octanol–water partition coefficient (Wildman–Crippen LogP) is 4.39. The van der Waals surface area contributed by atoms with Crippen LogP contribution in [0.15, 0.2) is 53.3 Å². The lowest BCUT2D eigenvalue weighted by molar-refractivity contribution is 0.324. The van der Waals surface area contributed by atoms with E-state index in [1.807, 2.05) is 76.2 Å². The molecule has 0 saturated carbocycles. The van der Waals surface area contributed by atoms with E-state index in [0.29, 0.717) is 24.5 Å². The number of halogens is 1. The van der Waals surface area contributed by atoms with Crippen molar-refractivity contribution in [3.8, 4) is 22.5 Å². The summed E-state index contributed by atoms with van der Waals surface area (Å²) in [4.78, 5) is 13.1. The van der Waals surface area contributed by atoms with E-state index in [0.717, 1.165) is 28.7 Å². The quantitative estimate of drug-likeness (QED) is 0.488. The molecule has 0 amide bonds. The fourth-order valence-electron chi connectivity index (χ4n) is 3.96. The van der Waals surface area contributed by atoms with Crippen molar-refractivity contribution in [1.82, 2.24) is 29.8 Å². The minimum absolute atomic E-state index is 0.315. The van der Waals surface area contributed by atoms with Crippen LogP contribution in [0.3, 0.4) is 0 Å². The topological polar surface area (TPSA) is 81.4 Å². The lowest BCUT2D eigenvalue weighted by Gasteiger charge is -2.19. The molecule has 8 heteroatoms. The molecule has 0 aliphatic heterocycles. The van der Waals surface area contributed by atoms with Crippen molar-refractivity contribution in [3.05, 3.63) is 76.2 Å². The van der Waals surface area contributed by atoms with Crippen molar-refractivity contribution < 1.29 is 4.39 Å². The fraction of sp³-hybridized carbons (Fsp3) is 0.333. The highest BCUT2D eigenvalue weighted by atomic mass is 19.1. The number of H-pyrrole nitrogens is 1. The van der Waals surface area contributed by atoms with Crippen molar-refractivity contribution in [3.63, 3.8) is 0 Å². The molecule has 0 atom stereocenters. The molecule has 7 nitrogen and oxygen atoms in total. The van der Waals surface area contributed by atoms with Crippen LogP contribution in [0, 0.1) is 5.95 Å². The Morgan fingerprint density at radius 2 is 1.72 bits per heavy atom. The van der Waals surface area contributed by atoms with Gasteiger partial charge in [-0.05, 0) is 49.1 Å². The molecule has 0 fully saturated rings. The van der Waals surface area contributed by atoms with Crippen molar-refractivity contribution in [2.24, 2.45) is 0 Å². The third kappa shape index (κ3) is 4.00. The molecule has 0 bridgehead atoms. The maximum absolute atomic E-state index is 15.1. The van der Waals surface area contributed by atoms with E-state index in [1.165, 1.54) is 4.57 Å². The second-order valence-corrected chi connectivity index (χ2v) is 8.84. The van der Waals surface area contributed by atoms with E-state index >= 15 is 4.39 Å². The normalized spacial score (nSPS) is 11.8. The maximum atomic E-state index is 15.1. The van der Waals surface area contributed by atoms with Gasteiger partial charge >= 0.3 is 5.69 Å². The van der Waals surface area contributed by atoms with Crippen LogP contribution in [0.4, 0.5) is 4.39 Å². The summed E-state index contributed by atoms with van der Waals surface area (Å²) in [5, 5.41) is 14.3. The number of rotatable bonds is 6. The van der Waals surface area contributed by atoms with Crippen LogP contribution in [0.25, 0.3) is 22.5 Å². The van der Waals surface area contributed by atoms with Gasteiger partial charge in [-0.1, -0.05) is 61.9 Å². The van der Waals surface area contributed by atoms with Crippen molar-refractivity contribution >= 4 is 0 Å². The van der Waals surface area contributed by atoms with Gasteiger partial charge in [0.25, 0.3) is 0 Å². The lowest BCUT2D eigenvalue weighted by atomic mass is 9.98. The van der Waals surface area contributed by atoms with E-state index in [1.54, 1.807) is 4.57 Å². The largest absolute Gasteiger partial charge is 0.331 e. The Bertz CT molecular complexity index is 1260. The summed E-state index contributed by atoms with van der Waals surface area (Å²) in [5.41, 5.74) is 3.29. The highest BCUT2D eigenvalue weighted by Gasteiger charge is 2.27. The van der Waals surface area contributed by atoms with Crippen LogP contribution >= 0.6 is 0 Å². The average Bonchev–Trinajstić information content (AvgIpc) is 3.37. The zero-order valence-electron chi connectivity index (χ0n) is 18.8. The van der Waals surface area contributed by atoms with Crippen LogP contribution in [-0.2, 0) is 18.5 Å². The number of hydrogen-bond acceptors (Lipinski definition) is 4. The Balaban J connectivity index is 1.69. The number of aromatic amines is 1. The van der Waals surface area contributed by atoms with Crippen LogP contribution in [0.1, 0.15) is 45.4 Å². The van der Waals surface area contributed by atoms with Gasteiger partial charge in [0.1, 0.15) is 0 Å². The van der Waals surface area contributed by atoms with Crippen molar-refractivity contribution in [2.75, 3.05) is 0 Å². The molecule has 32 heavy (non-hydrogen) atoms. The summed E-state index contributed by atoms with van der Waals surface area (Å²) in [6.07, 6.45) is 1.27. The summed E-state index contributed by atoms with van der Waals surface area (Å²) >= 11 is 0. The summed E-state index contributed by atoms with van der Waals surface area (Å²) < 4.78 is 17.9. The molecule has 166 valence electrons. The van der Waals surface area contributed by atoms with Gasteiger partial charge in [0.05, 0.1) is 12.2 Å². The number of imidazole rings is 1. The first-order valence-electron chi connectivity index (χ1n) is 10.7. The Labute approximate surface area is 185 Å². The molecule has 4 rings (SSSR count). The van der Waals surface area contributed by atoms with Gasteiger partial charge in [0.2, 0.25) is 11.8 Å². The van der Waals surface area contributed by atoms with Gasteiger partial charge in [-0.15, -0.1) is 10.2 Å². The molecule has 0 spiro atoms. The Hall–Kier alpha value is -3.55. The van der Waals surface area contributed by atoms with E-state index < -0.39 is 11.5 Å². The SMILES string of the molecule is CCCc1c(F)n(C(C)(C)C)c(=O)n1Cc1ccc(-c2ccccc2-c2nn[nH]n2)cc1. The highest BCUT2D eigenvalue weighted by Crippen LogP contribution is 2.30. The molecular weight excluding hydrogens is 407 g/mol. The Morgan fingerprint density at radius 3 is 2.31 bits per heavy atom. The minimum Gasteiger partial charge on any atom is -0.289 e. The molecule has 4 aromatic rings. The zero-order valence-corrected chi connectivity index (χ0v) is 18.8. The third-order valence-corrected chi connectivity index (χ3v) is 5.46. The monoisotopic (exact) mass is 434 g/mol. The van der Waals surface area contributed by atoms with E-state index in [4.69, 9.17) is 0 Å². The van der Waals surface area contributed by atoms with Gasteiger partial charge < -0.3 is 0 Å². The van der Waals surface area contributed by atoms with E-state index in [-0.39, 0.29) is 5.69 Å². The molecular formula is C24H27FN6O. The molecule has 1 N–H and O–H groups in total. The summed E-state index contributed by atoms with van der Waals surface area (Å²) in [7, 11) is 0. The van der Waals surface area contributed by atoms with Crippen LogP contribution in [-0.4, -0.2) is 29.8 Å². The van der Waals surface area contributed by atoms with E-state index in [2.05, 4.69) is 20.6 Å². The minimum atomic E-state index is -0.627. The average molecular weight is 435 g/mol. The number of aromatic nitrogens is 6. The van der Waals surface area contributed by atoms with E-state index in [9.17, 15) is 4.79 Å². The lowest BCUT2D eigenvalue weighted by Crippen LogP contribution is -2.36. The Kier molecular flexibility index (Phi) is 5.78. The number of benzene rings is 2. The van der Waals surface area contributed by atoms with Gasteiger partial charge in [-0.2, -0.15) is 9.60 Å². The fourth-order valence-corrected chi connectivity index (χ4v) is 3.96. The number of nitrogens with zero attached hydrogens (tertiary/aromatic N) is 5. The van der Waals surface area contributed by atoms with Gasteiger partial charge in [0, 0.05) is 11.1 Å². The predicted molar refractivity (Wildman–Crippen MR) is 122 cm³/mol. The van der Waals surface area contributed by atoms with Gasteiger partial charge in [-0.3, -0.25) is 9.13 Å². The third-order valence-electron chi connectivity index (χ3n) is 5.46. The number of hydrogen-bond donors (Lipinski definition) is 1. The van der Waals surface area contributed by atoms with Crippen LogP contribution < -0.4 is 5.69 Å². The molecule has 0 aliphatic carbocycles. The van der Waals surface area contributed by atoms with Gasteiger partial charge in [-0.25, -0.2) is 4.79 Å². The molecule has 2 aromatic heterocycles. The Morgan fingerprint density at radius 1 is 1.03 bits per heavy atom. The molecule has 2 heterocycles. The molecule has 0 unspecified atom stereocenters. The number of tetrazole rings is 1. The zero-order chi connectivity index (χ0) is 22.9. The first-order valence-corrected chi connectivity index (χ1v) is 10.7. The van der Waals surface area contributed by atoms with Gasteiger partial charge in [0.15, 0.2) is 0 Å². The molecule has 2 aromatic carbocycles. The van der Waals surface area contributed by atoms with Crippen molar-refractivity contribution in [2.45, 2.75) is 52.6 Å². The number of nitrogens with one attached hydrogen (secondary N) is 1. The van der Waals surface area contributed by atoms with Crippen LogP contribution in [0.2, 0.25) is 0 Å². The molecule has 0 aliphatic rings. The molecule has 0 radical (unpaired) electrons. The summed E-state index contributed by atoms with van der Waals surface area (Å²) in [5.74, 6) is 0.0921. The first-order chi connectivity index (χ1) is 15.3. The molecule has 0 saturated heterocycles. The van der Waals surface area contributed by atoms with Crippen LogP contribution in [0.5, 0.6) is 0 Å². The summed E-state index contributed by atoms with van der Waals surface area (Å²) in [6.45, 7) is 7.83. The first kappa shape index (κ1) is 21.7. The second kappa shape index (κ2) is 8.53. The highest BCUT2D eigenvalue weighted by molar-refractivity contribution is 5.80. The standard InChI is InChI=1S/C24H27FN6O/c1-5-8-20-21(25)31(24(2,3)4)23(32)30(20)15-16-11-13-17(14-12-16)18-9-6-7-10-19(18)22-26-28-29-27-22/h6-7,9-14H,5,8,15H2,1-4H3,(H,26,27,28,29).